The maximum atomic E-state index is 5.54. The molecule has 0 aliphatic heterocycles. The third-order valence-corrected chi connectivity index (χ3v) is 16.0. The summed E-state index contributed by atoms with van der Waals surface area (Å²) in [5.41, 5.74) is 17.9. The van der Waals surface area contributed by atoms with Crippen molar-refractivity contribution >= 4 is 54.1 Å². The fourth-order valence-electron chi connectivity index (χ4n) is 13.0. The number of rotatable bonds is 5. The van der Waals surface area contributed by atoms with Crippen LogP contribution in [0.25, 0.3) is 127 Å². The van der Waals surface area contributed by atoms with Crippen molar-refractivity contribution in [3.63, 3.8) is 0 Å². The lowest BCUT2D eigenvalue weighted by Gasteiger charge is -2.32. The van der Waals surface area contributed by atoms with Crippen LogP contribution >= 0.6 is 0 Å². The summed E-state index contributed by atoms with van der Waals surface area (Å²) in [7, 11) is 0. The molecule has 2 aromatic heterocycles. The fraction of sp³-hybridized carbons (Fsp3) is 0.0143. The van der Waals surface area contributed by atoms with E-state index in [1.807, 2.05) is 12.1 Å². The van der Waals surface area contributed by atoms with Gasteiger partial charge in [0.25, 0.3) is 0 Å². The number of para-hydroxylation sites is 1. The van der Waals surface area contributed by atoms with Crippen LogP contribution in [0.2, 0.25) is 0 Å². The third-order valence-electron chi connectivity index (χ3n) is 16.0. The summed E-state index contributed by atoms with van der Waals surface area (Å²) < 4.78 is 2.38. The molecule has 2 aliphatic carbocycles. The lowest BCUT2D eigenvalue weighted by atomic mass is 9.69. The first-order valence-corrected chi connectivity index (χ1v) is 25.4. The van der Waals surface area contributed by atoms with Crippen LogP contribution in [0.3, 0.4) is 0 Å². The first-order valence-electron chi connectivity index (χ1n) is 25.4. The fourth-order valence-corrected chi connectivity index (χ4v) is 13.0. The highest BCUT2D eigenvalue weighted by Gasteiger charge is 2.54. The van der Waals surface area contributed by atoms with Gasteiger partial charge >= 0.3 is 0 Å². The van der Waals surface area contributed by atoms with E-state index in [2.05, 4.69) is 247 Å². The summed E-state index contributed by atoms with van der Waals surface area (Å²) in [5, 5.41) is 9.64. The molecule has 0 amide bonds. The monoisotopic (exact) mass is 938 g/mol. The van der Waals surface area contributed by atoms with Crippen molar-refractivity contribution in [2.75, 3.05) is 0 Å². The van der Waals surface area contributed by atoms with Crippen LogP contribution in [0.15, 0.2) is 255 Å². The summed E-state index contributed by atoms with van der Waals surface area (Å²) in [6, 6.07) is 93.2. The molecule has 342 valence electrons. The van der Waals surface area contributed by atoms with Crippen LogP contribution in [-0.4, -0.2) is 19.5 Å². The molecule has 12 aromatic carbocycles. The van der Waals surface area contributed by atoms with Crippen molar-refractivity contribution in [1.29, 1.82) is 0 Å². The highest BCUT2D eigenvalue weighted by atomic mass is 15.2. The molecule has 0 atom stereocenters. The molecule has 74 heavy (non-hydrogen) atoms. The van der Waals surface area contributed by atoms with Crippen LogP contribution in [0.4, 0.5) is 0 Å². The van der Waals surface area contributed by atoms with Gasteiger partial charge < -0.3 is 0 Å². The zero-order valence-corrected chi connectivity index (χ0v) is 40.0. The molecule has 16 rings (SSSR count). The molecule has 14 aromatic rings. The Kier molecular flexibility index (Phi) is 8.63. The lowest BCUT2D eigenvalue weighted by molar-refractivity contribution is 0.796. The minimum absolute atomic E-state index is 0.569. The maximum absolute atomic E-state index is 5.54. The molecule has 0 bridgehead atoms. The Balaban J connectivity index is 1.11. The normalized spacial score (nSPS) is 13.0. The van der Waals surface area contributed by atoms with E-state index in [1.54, 1.807) is 0 Å². The van der Waals surface area contributed by atoms with Gasteiger partial charge in [0.05, 0.1) is 16.4 Å². The molecule has 0 radical (unpaired) electrons. The van der Waals surface area contributed by atoms with Gasteiger partial charge in [0.1, 0.15) is 0 Å². The molecular formula is C70H42N4. The van der Waals surface area contributed by atoms with Crippen LogP contribution < -0.4 is 0 Å². The minimum atomic E-state index is -0.802. The van der Waals surface area contributed by atoms with Gasteiger partial charge in [0.2, 0.25) is 5.95 Å². The molecule has 0 fully saturated rings. The highest BCUT2D eigenvalue weighted by molar-refractivity contribution is 6.28. The highest BCUT2D eigenvalue weighted by Crippen LogP contribution is 2.67. The second-order valence-electron chi connectivity index (χ2n) is 19.8. The minimum Gasteiger partial charge on any atom is -0.277 e. The second-order valence-corrected chi connectivity index (χ2v) is 19.8. The van der Waals surface area contributed by atoms with Crippen molar-refractivity contribution in [3.05, 3.63) is 277 Å². The molecule has 2 aliphatic rings. The van der Waals surface area contributed by atoms with E-state index in [1.165, 1.54) is 104 Å². The predicted molar refractivity (Wildman–Crippen MR) is 305 cm³/mol. The van der Waals surface area contributed by atoms with Crippen LogP contribution in [-0.2, 0) is 5.41 Å². The van der Waals surface area contributed by atoms with Crippen molar-refractivity contribution in [3.8, 4) is 73.2 Å². The van der Waals surface area contributed by atoms with E-state index in [0.29, 0.717) is 17.6 Å². The second kappa shape index (κ2) is 15.6. The number of fused-ring (bicyclic) bond motifs is 19. The molecular weight excluding hydrogens is 897 g/mol. The number of nitrogens with zero attached hydrogens (tertiary/aromatic N) is 4. The van der Waals surface area contributed by atoms with Crippen molar-refractivity contribution in [2.45, 2.75) is 5.41 Å². The SMILES string of the molecule is c1ccc(-c2nc(-c3ccccc3)nc(-n3c4ccccc4c4c5ccccc5c5c(c43)C3(c4cc(-c6cccc7ccccc67)ccc4-c4ccc(-c6cccc7ccccc67)cc43)c3ccccc3-5)n2)cc1. The molecule has 0 saturated heterocycles. The van der Waals surface area contributed by atoms with Gasteiger partial charge in [-0.25, -0.2) is 4.98 Å². The average molecular weight is 939 g/mol. The van der Waals surface area contributed by atoms with Gasteiger partial charge in [-0.05, 0) is 112 Å². The van der Waals surface area contributed by atoms with E-state index < -0.39 is 5.41 Å². The summed E-state index contributed by atoms with van der Waals surface area (Å²) in [6.45, 7) is 0. The number of benzene rings is 12. The van der Waals surface area contributed by atoms with E-state index in [-0.39, 0.29) is 0 Å². The largest absolute Gasteiger partial charge is 0.277 e. The van der Waals surface area contributed by atoms with E-state index in [4.69, 9.17) is 15.0 Å². The Morgan fingerprint density at radius 2 is 0.784 bits per heavy atom. The first kappa shape index (κ1) is 40.9. The summed E-state index contributed by atoms with van der Waals surface area (Å²) >= 11 is 0. The first-order chi connectivity index (χ1) is 36.7. The summed E-state index contributed by atoms with van der Waals surface area (Å²) in [5.74, 6) is 1.80. The Hall–Kier alpha value is -9.77. The molecule has 4 heteroatoms. The molecule has 0 unspecified atom stereocenters. The molecule has 0 saturated carbocycles. The predicted octanol–water partition coefficient (Wildman–Crippen LogP) is 17.4. The Morgan fingerprint density at radius 1 is 0.311 bits per heavy atom. The third kappa shape index (κ3) is 5.65. The summed E-state index contributed by atoms with van der Waals surface area (Å²) in [6.07, 6.45) is 0. The zero-order chi connectivity index (χ0) is 48.5. The zero-order valence-electron chi connectivity index (χ0n) is 40.0. The van der Waals surface area contributed by atoms with Crippen LogP contribution in [0.1, 0.15) is 22.3 Å². The molecule has 4 nitrogen and oxygen atoms in total. The van der Waals surface area contributed by atoms with E-state index in [9.17, 15) is 0 Å². The van der Waals surface area contributed by atoms with Crippen molar-refractivity contribution in [1.82, 2.24) is 19.5 Å². The van der Waals surface area contributed by atoms with Gasteiger partial charge in [-0.2, -0.15) is 9.97 Å². The van der Waals surface area contributed by atoms with Crippen LogP contribution in [0.5, 0.6) is 0 Å². The number of hydrogen-bond donors (Lipinski definition) is 0. The van der Waals surface area contributed by atoms with Gasteiger partial charge in [-0.1, -0.05) is 237 Å². The van der Waals surface area contributed by atoms with Crippen molar-refractivity contribution in [2.24, 2.45) is 0 Å². The Labute approximate surface area is 427 Å². The maximum Gasteiger partial charge on any atom is 0.238 e. The smallest absolute Gasteiger partial charge is 0.238 e. The number of hydrogen-bond acceptors (Lipinski definition) is 3. The van der Waals surface area contributed by atoms with Gasteiger partial charge in [0, 0.05) is 27.5 Å². The molecule has 2 heterocycles. The quantitative estimate of drug-likeness (QED) is 0.173. The van der Waals surface area contributed by atoms with Crippen molar-refractivity contribution < 1.29 is 0 Å². The van der Waals surface area contributed by atoms with E-state index >= 15 is 0 Å². The molecule has 0 N–H and O–H groups in total. The average Bonchev–Trinajstić information content (AvgIpc) is 4.19. The standard InChI is InChI=1S/C70H42N4/c1-3-21-45(22-4-1)67-71-68(46-23-5-2-6-24-46)73-69(72-67)74-62-36-16-14-32-58(62)64-56-30-12-11-29-55(56)63-57-31-13-15-35-59(57)70(65(63)66(64)74)60-41-47(51-33-17-25-43-19-7-9-27-49(43)51)37-39-53(60)54-40-38-48(42-61(54)70)52-34-18-26-44-20-8-10-28-50(44)52/h1-42H. The summed E-state index contributed by atoms with van der Waals surface area (Å²) in [4.78, 5) is 16.3. The van der Waals surface area contributed by atoms with E-state index in [0.717, 1.165) is 27.5 Å². The Bertz CT molecular complexity index is 4470. The van der Waals surface area contributed by atoms with Gasteiger partial charge in [-0.3, -0.25) is 4.57 Å². The lowest BCUT2D eigenvalue weighted by Crippen LogP contribution is -2.27. The molecule has 1 spiro atoms. The van der Waals surface area contributed by atoms with Gasteiger partial charge in [0.15, 0.2) is 11.6 Å². The topological polar surface area (TPSA) is 43.6 Å². The van der Waals surface area contributed by atoms with Gasteiger partial charge in [-0.15, -0.1) is 0 Å². The number of aromatic nitrogens is 4. The van der Waals surface area contributed by atoms with Crippen LogP contribution in [0, 0.1) is 0 Å². The Morgan fingerprint density at radius 3 is 1.39 bits per heavy atom.